The molecule has 2 heterocycles. The van der Waals surface area contributed by atoms with E-state index in [0.29, 0.717) is 29.5 Å². The fourth-order valence-electron chi connectivity index (χ4n) is 2.80. The molecule has 0 saturated heterocycles. The van der Waals surface area contributed by atoms with Gasteiger partial charge >= 0.3 is 12.2 Å². The predicted octanol–water partition coefficient (Wildman–Crippen LogP) is 3.02. The minimum absolute atomic E-state index is 0.0500. The van der Waals surface area contributed by atoms with E-state index in [2.05, 4.69) is 26.0 Å². The first-order chi connectivity index (χ1) is 15.3. The molecule has 0 aliphatic heterocycles. The van der Waals surface area contributed by atoms with Crippen LogP contribution in [0.15, 0.2) is 48.7 Å². The summed E-state index contributed by atoms with van der Waals surface area (Å²) >= 11 is 0. The molecule has 3 aromatic rings. The highest BCUT2D eigenvalue weighted by Gasteiger charge is 2.35. The van der Waals surface area contributed by atoms with Crippen LogP contribution in [-0.2, 0) is 12.7 Å². The molecule has 0 aliphatic carbocycles. The van der Waals surface area contributed by atoms with Gasteiger partial charge in [-0.3, -0.25) is 0 Å². The molecule has 0 unspecified atom stereocenters. The van der Waals surface area contributed by atoms with E-state index in [1.54, 1.807) is 36.4 Å². The SMILES string of the molecule is COc1ccccc1-n1nc(C(F)(F)F)cc1CNC(=O)Nc1ccc(NCCO)nc1. The van der Waals surface area contributed by atoms with E-state index >= 15 is 0 Å². The second-order valence-electron chi connectivity index (χ2n) is 6.49. The minimum atomic E-state index is -4.65. The van der Waals surface area contributed by atoms with E-state index in [-0.39, 0.29) is 18.8 Å². The maximum atomic E-state index is 13.2. The van der Waals surface area contributed by atoms with Crippen molar-refractivity contribution in [3.63, 3.8) is 0 Å². The molecule has 1 aromatic carbocycles. The molecule has 0 saturated carbocycles. The number of alkyl halides is 3. The maximum absolute atomic E-state index is 13.2. The number of aliphatic hydroxyl groups excluding tert-OH is 1. The molecule has 2 amide bonds. The number of halogens is 3. The summed E-state index contributed by atoms with van der Waals surface area (Å²) in [4.78, 5) is 16.3. The quantitative estimate of drug-likeness (QED) is 0.420. The van der Waals surface area contributed by atoms with E-state index in [1.165, 1.54) is 13.3 Å². The largest absolute Gasteiger partial charge is 0.494 e. The number of rotatable bonds is 8. The smallest absolute Gasteiger partial charge is 0.435 e. The molecule has 0 radical (unpaired) electrons. The van der Waals surface area contributed by atoms with Gasteiger partial charge in [-0.2, -0.15) is 18.3 Å². The van der Waals surface area contributed by atoms with Gasteiger partial charge < -0.3 is 25.8 Å². The highest BCUT2D eigenvalue weighted by Crippen LogP contribution is 2.31. The summed E-state index contributed by atoms with van der Waals surface area (Å²) < 4.78 is 46.0. The van der Waals surface area contributed by atoms with Crippen LogP contribution in [0, 0.1) is 0 Å². The van der Waals surface area contributed by atoms with Crippen LogP contribution >= 0.6 is 0 Å². The molecule has 2 aromatic heterocycles. The van der Waals surface area contributed by atoms with E-state index in [9.17, 15) is 18.0 Å². The number of methoxy groups -OCH3 is 1. The van der Waals surface area contributed by atoms with Crippen LogP contribution in [0.3, 0.4) is 0 Å². The number of anilines is 2. The van der Waals surface area contributed by atoms with Crippen molar-refractivity contribution in [2.45, 2.75) is 12.7 Å². The number of urea groups is 1. The van der Waals surface area contributed by atoms with Crippen molar-refractivity contribution in [3.8, 4) is 11.4 Å². The number of benzene rings is 1. The topological polar surface area (TPSA) is 113 Å². The Hall–Kier alpha value is -3.80. The van der Waals surface area contributed by atoms with Gasteiger partial charge in [-0.25, -0.2) is 14.5 Å². The van der Waals surface area contributed by atoms with Gasteiger partial charge in [-0.15, -0.1) is 0 Å². The molecule has 0 atom stereocenters. The van der Waals surface area contributed by atoms with Gasteiger partial charge in [0.2, 0.25) is 0 Å². The first-order valence-corrected chi connectivity index (χ1v) is 9.47. The van der Waals surface area contributed by atoms with E-state index in [4.69, 9.17) is 9.84 Å². The Balaban J connectivity index is 1.73. The van der Waals surface area contributed by atoms with Gasteiger partial charge in [0.05, 0.1) is 37.8 Å². The number of aliphatic hydroxyl groups is 1. The third-order valence-electron chi connectivity index (χ3n) is 4.26. The molecule has 12 heteroatoms. The molecule has 9 nitrogen and oxygen atoms in total. The number of aromatic nitrogens is 3. The van der Waals surface area contributed by atoms with E-state index in [1.807, 2.05) is 0 Å². The number of hydrogen-bond donors (Lipinski definition) is 4. The average Bonchev–Trinajstić information content (AvgIpc) is 3.22. The zero-order valence-corrected chi connectivity index (χ0v) is 17.0. The van der Waals surface area contributed by atoms with Gasteiger partial charge in [0.15, 0.2) is 5.69 Å². The molecule has 0 bridgehead atoms. The Morgan fingerprint density at radius 2 is 2.00 bits per heavy atom. The molecule has 3 rings (SSSR count). The lowest BCUT2D eigenvalue weighted by atomic mass is 10.2. The van der Waals surface area contributed by atoms with Crippen molar-refractivity contribution in [2.75, 3.05) is 30.9 Å². The van der Waals surface area contributed by atoms with Gasteiger partial charge in [0.25, 0.3) is 0 Å². The van der Waals surface area contributed by atoms with E-state index < -0.39 is 17.9 Å². The monoisotopic (exact) mass is 450 g/mol. The van der Waals surface area contributed by atoms with Gasteiger partial charge in [0.1, 0.15) is 17.3 Å². The number of ether oxygens (including phenoxy) is 1. The summed E-state index contributed by atoms with van der Waals surface area (Å²) in [5.41, 5.74) is -0.293. The molecule has 0 aliphatic rings. The van der Waals surface area contributed by atoms with Crippen LogP contribution in [0.5, 0.6) is 5.75 Å². The van der Waals surface area contributed by atoms with Crippen LogP contribution in [0.25, 0.3) is 5.69 Å². The zero-order chi connectivity index (χ0) is 23.1. The molecule has 4 N–H and O–H groups in total. The Labute approximate surface area is 181 Å². The summed E-state index contributed by atoms with van der Waals surface area (Å²) in [5, 5.41) is 20.4. The van der Waals surface area contributed by atoms with Crippen molar-refractivity contribution in [3.05, 3.63) is 60.0 Å². The molecule has 170 valence electrons. The molecule has 32 heavy (non-hydrogen) atoms. The number of carbonyl (C=O) groups is 1. The fourth-order valence-corrected chi connectivity index (χ4v) is 2.80. The number of amides is 2. The fraction of sp³-hybridized carbons (Fsp3) is 0.250. The molecule has 0 spiro atoms. The Morgan fingerprint density at radius 1 is 1.22 bits per heavy atom. The van der Waals surface area contributed by atoms with Crippen LogP contribution in [0.4, 0.5) is 29.5 Å². The summed E-state index contributed by atoms with van der Waals surface area (Å²) in [7, 11) is 1.40. The Kier molecular flexibility index (Phi) is 7.15. The second kappa shape index (κ2) is 10.0. The maximum Gasteiger partial charge on any atom is 0.435 e. The lowest BCUT2D eigenvalue weighted by Crippen LogP contribution is -2.29. The number of para-hydroxylation sites is 2. The number of pyridine rings is 1. The molecule has 0 fully saturated rings. The second-order valence-corrected chi connectivity index (χ2v) is 6.49. The highest BCUT2D eigenvalue weighted by molar-refractivity contribution is 5.89. The number of hydrogen-bond acceptors (Lipinski definition) is 6. The Bertz CT molecular complexity index is 1050. The molecular weight excluding hydrogens is 429 g/mol. The van der Waals surface area contributed by atoms with Gasteiger partial charge in [-0.05, 0) is 30.3 Å². The predicted molar refractivity (Wildman–Crippen MR) is 111 cm³/mol. The normalized spacial score (nSPS) is 11.2. The summed E-state index contributed by atoms with van der Waals surface area (Å²) in [6, 6.07) is 9.92. The first kappa shape index (κ1) is 22.9. The van der Waals surface area contributed by atoms with Crippen molar-refractivity contribution in [1.82, 2.24) is 20.1 Å². The Morgan fingerprint density at radius 3 is 2.66 bits per heavy atom. The zero-order valence-electron chi connectivity index (χ0n) is 17.0. The van der Waals surface area contributed by atoms with Crippen molar-refractivity contribution >= 4 is 17.5 Å². The van der Waals surface area contributed by atoms with Crippen LogP contribution in [0.1, 0.15) is 11.4 Å². The first-order valence-electron chi connectivity index (χ1n) is 9.47. The summed E-state index contributed by atoms with van der Waals surface area (Å²) in [6.45, 7) is 0.0577. The molecular formula is C20H21F3N6O3. The lowest BCUT2D eigenvalue weighted by Gasteiger charge is -2.12. The lowest BCUT2D eigenvalue weighted by molar-refractivity contribution is -0.141. The summed E-state index contributed by atoms with van der Waals surface area (Å²) in [5.74, 6) is 0.849. The number of nitrogens with one attached hydrogen (secondary N) is 3. The standard InChI is InChI=1S/C20H21F3N6O3/c1-32-16-5-3-2-4-15(16)29-14(10-17(28-29)20(21,22)23)12-26-19(31)27-13-6-7-18(25-11-13)24-8-9-30/h2-7,10-11,30H,8-9,12H2,1H3,(H,24,25)(H2,26,27,31). The minimum Gasteiger partial charge on any atom is -0.494 e. The van der Waals surface area contributed by atoms with Crippen LogP contribution < -0.4 is 20.7 Å². The van der Waals surface area contributed by atoms with E-state index in [0.717, 1.165) is 10.7 Å². The third-order valence-corrected chi connectivity index (χ3v) is 4.26. The summed E-state index contributed by atoms with van der Waals surface area (Å²) in [6.07, 6.45) is -3.25. The van der Waals surface area contributed by atoms with Crippen molar-refractivity contribution in [2.24, 2.45) is 0 Å². The van der Waals surface area contributed by atoms with Crippen molar-refractivity contribution < 1.29 is 27.8 Å². The van der Waals surface area contributed by atoms with Crippen LogP contribution in [0.2, 0.25) is 0 Å². The number of nitrogens with zero attached hydrogens (tertiary/aromatic N) is 3. The van der Waals surface area contributed by atoms with Gasteiger partial charge in [-0.1, -0.05) is 12.1 Å². The highest BCUT2D eigenvalue weighted by atomic mass is 19.4. The third kappa shape index (κ3) is 5.66. The number of carbonyl (C=O) groups excluding carboxylic acids is 1. The average molecular weight is 450 g/mol. The van der Waals surface area contributed by atoms with Crippen LogP contribution in [-0.4, -0.2) is 46.2 Å². The van der Waals surface area contributed by atoms with Crippen molar-refractivity contribution in [1.29, 1.82) is 0 Å². The van der Waals surface area contributed by atoms with Gasteiger partial charge in [0, 0.05) is 6.54 Å².